The maximum atomic E-state index is 7.46. The molecule has 2 bridgehead atoms. The maximum Gasteiger partial charge on any atom is 0.141 e. The Morgan fingerprint density at radius 2 is 2.20 bits per heavy atom. The molecule has 1 heterocycles. The predicted molar refractivity (Wildman–Crippen MR) is 78.9 cm³/mol. The summed E-state index contributed by atoms with van der Waals surface area (Å²) in [7, 11) is 0. The van der Waals surface area contributed by atoms with E-state index >= 15 is 0 Å². The highest BCUT2D eigenvalue weighted by atomic mass is 16.5. The van der Waals surface area contributed by atoms with Crippen molar-refractivity contribution in [3.05, 3.63) is 24.0 Å². The molecule has 3 atom stereocenters. The molecule has 3 rings (SSSR count). The molecule has 2 aliphatic carbocycles. The number of nitrogens with zero attached hydrogens (tertiary/aromatic N) is 1. The van der Waals surface area contributed by atoms with Gasteiger partial charge in [0.1, 0.15) is 23.4 Å². The molecule has 2 fully saturated rings. The molecule has 0 aliphatic heterocycles. The quantitative estimate of drug-likeness (QED) is 0.657. The first-order valence-corrected chi connectivity index (χ1v) is 7.32. The number of ether oxygens (including phenoxy) is 1. The number of pyridine rings is 1. The Bertz CT molecular complexity index is 554. The van der Waals surface area contributed by atoms with Crippen LogP contribution in [0.2, 0.25) is 0 Å². The summed E-state index contributed by atoms with van der Waals surface area (Å²) in [4.78, 5) is 4.08. The molecule has 0 radical (unpaired) electrons. The second-order valence-electron chi connectivity index (χ2n) is 7.01. The summed E-state index contributed by atoms with van der Waals surface area (Å²) in [5.74, 6) is 1.52. The van der Waals surface area contributed by atoms with Crippen LogP contribution in [0.1, 0.15) is 45.7 Å². The van der Waals surface area contributed by atoms with Crippen LogP contribution in [-0.2, 0) is 0 Å². The van der Waals surface area contributed by atoms with Gasteiger partial charge in [0.05, 0.1) is 0 Å². The van der Waals surface area contributed by atoms with Gasteiger partial charge < -0.3 is 10.5 Å². The average Bonchev–Trinajstić information content (AvgIpc) is 2.72. The van der Waals surface area contributed by atoms with E-state index in [0.717, 1.165) is 18.1 Å². The molecular weight excluding hydrogens is 250 g/mol. The second-order valence-corrected chi connectivity index (χ2v) is 7.01. The molecule has 0 saturated heterocycles. The molecule has 20 heavy (non-hydrogen) atoms. The minimum absolute atomic E-state index is 0.0186. The summed E-state index contributed by atoms with van der Waals surface area (Å²) in [6.45, 7) is 7.11. The zero-order valence-corrected chi connectivity index (χ0v) is 12.4. The van der Waals surface area contributed by atoms with Crippen LogP contribution in [0.15, 0.2) is 18.3 Å². The van der Waals surface area contributed by atoms with Gasteiger partial charge in [-0.1, -0.05) is 20.8 Å². The number of hydrogen-bond acceptors (Lipinski definition) is 3. The predicted octanol–water partition coefficient (Wildman–Crippen LogP) is 2.96. The Morgan fingerprint density at radius 1 is 1.45 bits per heavy atom. The van der Waals surface area contributed by atoms with Gasteiger partial charge in [0, 0.05) is 17.7 Å². The second kappa shape index (κ2) is 4.21. The Kier molecular flexibility index (Phi) is 2.82. The number of nitrogen functional groups attached to an aromatic ring is 1. The minimum Gasteiger partial charge on any atom is -0.490 e. The Hall–Kier alpha value is -1.58. The van der Waals surface area contributed by atoms with Crippen LogP contribution in [0, 0.1) is 22.2 Å². The third kappa shape index (κ3) is 1.74. The molecule has 3 N–H and O–H groups in total. The third-order valence-corrected chi connectivity index (χ3v) is 6.00. The van der Waals surface area contributed by atoms with Crippen LogP contribution in [-0.4, -0.2) is 16.9 Å². The largest absolute Gasteiger partial charge is 0.490 e. The highest BCUT2D eigenvalue weighted by molar-refractivity contribution is 5.93. The van der Waals surface area contributed by atoms with Crippen molar-refractivity contribution in [1.29, 1.82) is 5.41 Å². The topological polar surface area (TPSA) is 72.0 Å². The van der Waals surface area contributed by atoms with E-state index in [-0.39, 0.29) is 17.4 Å². The number of nitrogens with one attached hydrogen (secondary N) is 1. The van der Waals surface area contributed by atoms with Crippen LogP contribution in [0.5, 0.6) is 5.75 Å². The first-order valence-electron chi connectivity index (χ1n) is 7.32. The van der Waals surface area contributed by atoms with Crippen molar-refractivity contribution in [2.45, 2.75) is 46.1 Å². The molecule has 108 valence electrons. The van der Waals surface area contributed by atoms with Crippen LogP contribution in [0.3, 0.4) is 0 Å². The summed E-state index contributed by atoms with van der Waals surface area (Å²) in [5.41, 5.74) is 6.54. The molecule has 3 unspecified atom stereocenters. The lowest BCUT2D eigenvalue weighted by Gasteiger charge is -2.38. The zero-order valence-electron chi connectivity index (χ0n) is 12.4. The van der Waals surface area contributed by atoms with Crippen molar-refractivity contribution >= 4 is 5.84 Å². The number of nitrogens with two attached hydrogens (primary N) is 1. The lowest BCUT2D eigenvalue weighted by molar-refractivity contribution is 0.0301. The van der Waals surface area contributed by atoms with E-state index in [2.05, 4.69) is 25.8 Å². The molecular formula is C16H23N3O. The van der Waals surface area contributed by atoms with Gasteiger partial charge in [0.2, 0.25) is 0 Å². The van der Waals surface area contributed by atoms with Crippen molar-refractivity contribution in [3.8, 4) is 5.75 Å². The van der Waals surface area contributed by atoms with Crippen LogP contribution in [0.4, 0.5) is 0 Å². The molecule has 2 aliphatic rings. The third-order valence-electron chi connectivity index (χ3n) is 6.00. The number of hydrogen-bond donors (Lipinski definition) is 2. The Labute approximate surface area is 120 Å². The highest BCUT2D eigenvalue weighted by Gasteiger charge is 2.62. The molecule has 4 heteroatoms. The number of aromatic nitrogens is 1. The molecule has 1 aromatic heterocycles. The smallest absolute Gasteiger partial charge is 0.141 e. The lowest BCUT2D eigenvalue weighted by atomic mass is 9.70. The van der Waals surface area contributed by atoms with Crippen molar-refractivity contribution in [1.82, 2.24) is 4.98 Å². The van der Waals surface area contributed by atoms with Gasteiger partial charge in [0.25, 0.3) is 0 Å². The highest BCUT2D eigenvalue weighted by Crippen LogP contribution is 2.66. The fraction of sp³-hybridized carbons (Fsp3) is 0.625. The zero-order chi connectivity index (χ0) is 14.5. The number of fused-ring (bicyclic) bond motifs is 2. The Morgan fingerprint density at radius 3 is 2.75 bits per heavy atom. The summed E-state index contributed by atoms with van der Waals surface area (Å²) >= 11 is 0. The average molecular weight is 273 g/mol. The van der Waals surface area contributed by atoms with Crippen LogP contribution in [0.25, 0.3) is 0 Å². The summed E-state index contributed by atoms with van der Waals surface area (Å²) in [6.07, 6.45) is 5.59. The normalized spacial score (nSPS) is 34.1. The fourth-order valence-electron chi connectivity index (χ4n) is 4.10. The van der Waals surface area contributed by atoms with Gasteiger partial charge in [-0.15, -0.1) is 0 Å². The SMILES string of the molecule is CC1(C)C2CCC1(C)C(Oc1ccnc(C(=N)N)c1)C2. The molecule has 0 aromatic carbocycles. The van der Waals surface area contributed by atoms with Crippen molar-refractivity contribution in [2.75, 3.05) is 0 Å². The number of amidine groups is 1. The van der Waals surface area contributed by atoms with E-state index in [1.165, 1.54) is 12.8 Å². The molecule has 2 saturated carbocycles. The van der Waals surface area contributed by atoms with Crippen LogP contribution >= 0.6 is 0 Å². The van der Waals surface area contributed by atoms with Gasteiger partial charge in [-0.25, -0.2) is 0 Å². The molecule has 4 nitrogen and oxygen atoms in total. The summed E-state index contributed by atoms with van der Waals surface area (Å²) < 4.78 is 6.25. The van der Waals surface area contributed by atoms with E-state index in [9.17, 15) is 0 Å². The van der Waals surface area contributed by atoms with Crippen molar-refractivity contribution < 1.29 is 4.74 Å². The summed E-state index contributed by atoms with van der Waals surface area (Å²) in [6, 6.07) is 3.62. The van der Waals surface area contributed by atoms with Gasteiger partial charge in [0.15, 0.2) is 0 Å². The van der Waals surface area contributed by atoms with E-state index < -0.39 is 0 Å². The molecule has 1 aromatic rings. The molecule has 0 spiro atoms. The van der Waals surface area contributed by atoms with Crippen molar-refractivity contribution in [2.24, 2.45) is 22.5 Å². The Balaban J connectivity index is 1.83. The first-order chi connectivity index (χ1) is 9.34. The number of rotatable bonds is 3. The van der Waals surface area contributed by atoms with Crippen molar-refractivity contribution in [3.63, 3.8) is 0 Å². The van der Waals surface area contributed by atoms with Gasteiger partial charge in [-0.2, -0.15) is 0 Å². The fourth-order valence-corrected chi connectivity index (χ4v) is 4.10. The summed E-state index contributed by atoms with van der Waals surface area (Å²) in [5, 5.41) is 7.46. The van der Waals surface area contributed by atoms with E-state index in [1.807, 2.05) is 6.07 Å². The van der Waals surface area contributed by atoms with Gasteiger partial charge in [-0.3, -0.25) is 10.4 Å². The van der Waals surface area contributed by atoms with E-state index in [4.69, 9.17) is 15.9 Å². The monoisotopic (exact) mass is 273 g/mol. The van der Waals surface area contributed by atoms with E-state index in [0.29, 0.717) is 11.1 Å². The first kappa shape index (κ1) is 13.4. The van der Waals surface area contributed by atoms with Gasteiger partial charge in [-0.05, 0) is 36.7 Å². The standard InChI is InChI=1S/C16H23N3O/c1-15(2)10-4-6-16(15,3)13(8-10)20-11-5-7-19-12(9-11)14(17)18/h5,7,9-10,13H,4,6,8H2,1-3H3,(H3,17,18). The van der Waals surface area contributed by atoms with Crippen LogP contribution < -0.4 is 10.5 Å². The maximum absolute atomic E-state index is 7.46. The van der Waals surface area contributed by atoms with Gasteiger partial charge >= 0.3 is 0 Å². The minimum atomic E-state index is -0.0186. The lowest BCUT2D eigenvalue weighted by Crippen LogP contribution is -2.38. The molecule has 0 amide bonds. The van der Waals surface area contributed by atoms with E-state index in [1.54, 1.807) is 12.3 Å².